The van der Waals surface area contributed by atoms with E-state index in [1.807, 2.05) is 6.92 Å². The van der Waals surface area contributed by atoms with E-state index in [1.54, 1.807) is 11.3 Å². The molecule has 1 aromatic carbocycles. The van der Waals surface area contributed by atoms with Crippen LogP contribution in [0.15, 0.2) is 29.6 Å². The van der Waals surface area contributed by atoms with Crippen LogP contribution in [0.5, 0.6) is 0 Å². The maximum absolute atomic E-state index is 6.29. The summed E-state index contributed by atoms with van der Waals surface area (Å²) in [5.74, 6) is 0. The van der Waals surface area contributed by atoms with Gasteiger partial charge in [-0.1, -0.05) is 56.6 Å². The Kier molecular flexibility index (Phi) is 4.58. The third kappa shape index (κ3) is 3.43. The number of benzene rings is 1. The predicted octanol–water partition coefficient (Wildman–Crippen LogP) is 5.25. The van der Waals surface area contributed by atoms with Crippen molar-refractivity contribution in [3.8, 4) is 0 Å². The molecule has 1 aromatic heterocycles. The van der Waals surface area contributed by atoms with Gasteiger partial charge in [-0.05, 0) is 40.8 Å². The van der Waals surface area contributed by atoms with Crippen LogP contribution in [-0.4, -0.2) is 0 Å². The third-order valence-electron chi connectivity index (χ3n) is 3.54. The van der Waals surface area contributed by atoms with Gasteiger partial charge in [0.15, 0.2) is 0 Å². The van der Waals surface area contributed by atoms with Gasteiger partial charge < -0.3 is 5.73 Å². The lowest BCUT2D eigenvalue weighted by Gasteiger charge is -2.19. The van der Waals surface area contributed by atoms with Crippen molar-refractivity contribution in [3.63, 3.8) is 0 Å². The molecule has 1 atom stereocenters. The molecule has 1 unspecified atom stereocenters. The van der Waals surface area contributed by atoms with Crippen LogP contribution in [0.1, 0.15) is 48.4 Å². The van der Waals surface area contributed by atoms with Gasteiger partial charge in [-0.15, -0.1) is 11.3 Å². The zero-order chi connectivity index (χ0) is 14.9. The second-order valence-electron chi connectivity index (χ2n) is 6.35. The van der Waals surface area contributed by atoms with Crippen LogP contribution in [0.2, 0.25) is 5.02 Å². The van der Waals surface area contributed by atoms with E-state index < -0.39 is 0 Å². The summed E-state index contributed by atoms with van der Waals surface area (Å²) in [4.78, 5) is 1.09. The lowest BCUT2D eigenvalue weighted by molar-refractivity contribution is 0.589. The average Bonchev–Trinajstić information content (AvgIpc) is 2.69. The fourth-order valence-electron chi connectivity index (χ4n) is 2.19. The first kappa shape index (κ1) is 15.6. The van der Waals surface area contributed by atoms with Crippen LogP contribution in [0.25, 0.3) is 0 Å². The topological polar surface area (TPSA) is 26.0 Å². The van der Waals surface area contributed by atoms with Crippen molar-refractivity contribution < 1.29 is 0 Å². The molecule has 0 saturated heterocycles. The predicted molar refractivity (Wildman–Crippen MR) is 89.8 cm³/mol. The van der Waals surface area contributed by atoms with E-state index in [-0.39, 0.29) is 11.5 Å². The van der Waals surface area contributed by atoms with E-state index in [2.05, 4.69) is 50.4 Å². The maximum Gasteiger partial charge on any atom is 0.0590 e. The largest absolute Gasteiger partial charge is 0.323 e. The molecule has 0 fully saturated rings. The summed E-state index contributed by atoms with van der Waals surface area (Å²) in [5.41, 5.74) is 10.2. The molecule has 2 N–H and O–H groups in total. The summed E-state index contributed by atoms with van der Waals surface area (Å²) in [7, 11) is 0. The molecule has 0 amide bonds. The number of thiophene rings is 1. The van der Waals surface area contributed by atoms with E-state index in [9.17, 15) is 0 Å². The highest BCUT2D eigenvalue weighted by Gasteiger charge is 2.16. The fraction of sp³-hybridized carbons (Fsp3) is 0.412. The normalized spacial score (nSPS) is 13.5. The molecule has 0 radical (unpaired) electrons. The summed E-state index contributed by atoms with van der Waals surface area (Å²) in [6.07, 6.45) is 0.824. The van der Waals surface area contributed by atoms with Gasteiger partial charge in [0.1, 0.15) is 0 Å². The summed E-state index contributed by atoms with van der Waals surface area (Å²) < 4.78 is 0. The number of aryl methyl sites for hydroxylation is 1. The number of hydrogen-bond donors (Lipinski definition) is 1. The van der Waals surface area contributed by atoms with Gasteiger partial charge in [-0.25, -0.2) is 0 Å². The Morgan fingerprint density at radius 2 is 1.80 bits per heavy atom. The monoisotopic (exact) mass is 307 g/mol. The Bertz CT molecular complexity index is 578. The van der Waals surface area contributed by atoms with Crippen molar-refractivity contribution in [1.82, 2.24) is 0 Å². The standard InChI is InChI=1S/C17H22ClNS/c1-11-10-20-16(15(11)18)14(19)9-12-5-7-13(8-6-12)17(2,3)4/h5-8,10,14H,9,19H2,1-4H3. The van der Waals surface area contributed by atoms with Crippen molar-refractivity contribution in [2.45, 2.75) is 45.6 Å². The molecule has 2 rings (SSSR count). The van der Waals surface area contributed by atoms with Gasteiger partial charge in [-0.3, -0.25) is 0 Å². The highest BCUT2D eigenvalue weighted by Crippen LogP contribution is 2.33. The third-order valence-corrected chi connectivity index (χ3v) is 5.38. The van der Waals surface area contributed by atoms with Gasteiger partial charge in [0.05, 0.1) is 5.02 Å². The van der Waals surface area contributed by atoms with Gasteiger partial charge >= 0.3 is 0 Å². The van der Waals surface area contributed by atoms with E-state index >= 15 is 0 Å². The smallest absolute Gasteiger partial charge is 0.0590 e. The zero-order valence-electron chi connectivity index (χ0n) is 12.5. The molecule has 0 aliphatic heterocycles. The molecule has 0 spiro atoms. The van der Waals surface area contributed by atoms with E-state index in [0.29, 0.717) is 0 Å². The lowest BCUT2D eigenvalue weighted by atomic mass is 9.86. The average molecular weight is 308 g/mol. The van der Waals surface area contributed by atoms with Crippen LogP contribution in [0, 0.1) is 6.92 Å². The molecular weight excluding hydrogens is 286 g/mol. The van der Waals surface area contributed by atoms with Gasteiger partial charge in [0, 0.05) is 10.9 Å². The highest BCUT2D eigenvalue weighted by molar-refractivity contribution is 7.10. The maximum atomic E-state index is 6.29. The molecule has 2 aromatic rings. The minimum absolute atomic E-state index is 0.0262. The molecule has 0 aliphatic carbocycles. The Balaban J connectivity index is 2.12. The number of halogens is 1. The first-order valence-corrected chi connectivity index (χ1v) is 8.13. The van der Waals surface area contributed by atoms with Gasteiger partial charge in [0.25, 0.3) is 0 Å². The molecule has 3 heteroatoms. The van der Waals surface area contributed by atoms with Gasteiger partial charge in [-0.2, -0.15) is 0 Å². The molecule has 1 nitrogen and oxygen atoms in total. The first-order valence-electron chi connectivity index (χ1n) is 6.87. The molecule has 1 heterocycles. The lowest BCUT2D eigenvalue weighted by Crippen LogP contribution is -2.13. The number of hydrogen-bond acceptors (Lipinski definition) is 2. The van der Waals surface area contributed by atoms with Crippen molar-refractivity contribution in [2.75, 3.05) is 0 Å². The van der Waals surface area contributed by atoms with Crippen LogP contribution in [0.3, 0.4) is 0 Å². The first-order chi connectivity index (χ1) is 9.29. The molecule has 0 bridgehead atoms. The quantitative estimate of drug-likeness (QED) is 0.823. The van der Waals surface area contributed by atoms with Crippen LogP contribution in [-0.2, 0) is 11.8 Å². The van der Waals surface area contributed by atoms with Crippen LogP contribution < -0.4 is 5.73 Å². The Hall–Kier alpha value is -0.830. The Morgan fingerprint density at radius 1 is 1.20 bits per heavy atom. The Morgan fingerprint density at radius 3 is 2.25 bits per heavy atom. The van der Waals surface area contributed by atoms with E-state index in [1.165, 1.54) is 11.1 Å². The molecular formula is C17H22ClNS. The van der Waals surface area contributed by atoms with Crippen molar-refractivity contribution in [3.05, 3.63) is 56.2 Å². The minimum atomic E-state index is -0.0262. The number of rotatable bonds is 3. The summed E-state index contributed by atoms with van der Waals surface area (Å²) in [6, 6.07) is 8.72. The van der Waals surface area contributed by atoms with Gasteiger partial charge in [0.2, 0.25) is 0 Å². The summed E-state index contributed by atoms with van der Waals surface area (Å²) >= 11 is 7.94. The van der Waals surface area contributed by atoms with Crippen molar-refractivity contribution >= 4 is 22.9 Å². The minimum Gasteiger partial charge on any atom is -0.323 e. The van der Waals surface area contributed by atoms with Crippen molar-refractivity contribution in [2.24, 2.45) is 5.73 Å². The highest BCUT2D eigenvalue weighted by atomic mass is 35.5. The van der Waals surface area contributed by atoms with E-state index in [4.69, 9.17) is 17.3 Å². The molecule has 0 aliphatic rings. The SMILES string of the molecule is Cc1csc(C(N)Cc2ccc(C(C)(C)C)cc2)c1Cl. The zero-order valence-corrected chi connectivity index (χ0v) is 14.1. The molecule has 108 valence electrons. The van der Waals surface area contributed by atoms with Crippen molar-refractivity contribution in [1.29, 1.82) is 0 Å². The second kappa shape index (κ2) is 5.88. The van der Waals surface area contributed by atoms with Crippen LogP contribution in [0.4, 0.5) is 0 Å². The summed E-state index contributed by atoms with van der Waals surface area (Å²) in [5, 5.41) is 2.90. The Labute approximate surface area is 130 Å². The fourth-order valence-corrected chi connectivity index (χ4v) is 3.52. The summed E-state index contributed by atoms with van der Waals surface area (Å²) in [6.45, 7) is 8.69. The van der Waals surface area contributed by atoms with Crippen LogP contribution >= 0.6 is 22.9 Å². The number of nitrogens with two attached hydrogens (primary N) is 1. The second-order valence-corrected chi connectivity index (χ2v) is 7.64. The molecule has 0 saturated carbocycles. The van der Waals surface area contributed by atoms with E-state index in [0.717, 1.165) is 21.9 Å². The molecule has 20 heavy (non-hydrogen) atoms.